The Morgan fingerprint density at radius 2 is 1.70 bits per heavy atom. The second-order valence-electron chi connectivity index (χ2n) is 12.2. The molecule has 0 spiro atoms. The fourth-order valence-electron chi connectivity index (χ4n) is 4.55. The molecule has 0 aromatic rings. The Bertz CT molecular complexity index is 975. The van der Waals surface area contributed by atoms with Gasteiger partial charge >= 0.3 is 18.2 Å². The highest BCUT2D eigenvalue weighted by molar-refractivity contribution is 5.99. The molecule has 0 aromatic carbocycles. The molecule has 2 N–H and O–H groups in total. The number of urea groups is 1. The predicted molar refractivity (Wildman–Crippen MR) is 144 cm³/mol. The van der Waals surface area contributed by atoms with Crippen molar-refractivity contribution in [3.63, 3.8) is 0 Å². The maximum absolute atomic E-state index is 13.0. The van der Waals surface area contributed by atoms with Crippen LogP contribution in [-0.4, -0.2) is 101 Å². The van der Waals surface area contributed by atoms with Crippen LogP contribution in [0.15, 0.2) is 4.99 Å². The molecule has 3 atom stereocenters. The van der Waals surface area contributed by atoms with E-state index in [-0.39, 0.29) is 24.6 Å². The molecule has 1 unspecified atom stereocenters. The summed E-state index contributed by atoms with van der Waals surface area (Å²) in [4.78, 5) is 69.1. The zero-order valence-electron chi connectivity index (χ0n) is 24.7. The van der Waals surface area contributed by atoms with Crippen LogP contribution >= 0.6 is 0 Å². The number of hydroxylamine groups is 3. The standard InChI is InChI=1S/C26H44N6O8/c1-8-9-14-37-32-17-10-11-19(31(15-17)24(32)36)20(33)29-40-18-12-13-30(16-18)21(27-22(34)38-25(2,3)4)28-23(35)39-26(5,6)7/h17-19H,8-16H2,1-7H3,(H,29,33)(H,27,28,34,35)/t17?,18-,19-/m0/s1. The maximum atomic E-state index is 13.0. The van der Waals surface area contributed by atoms with Gasteiger partial charge in [-0.1, -0.05) is 13.3 Å². The number of aliphatic imine (C=N–C) groups is 1. The molecule has 3 aliphatic heterocycles. The Morgan fingerprint density at radius 1 is 1.00 bits per heavy atom. The van der Waals surface area contributed by atoms with Crippen molar-refractivity contribution in [1.29, 1.82) is 0 Å². The summed E-state index contributed by atoms with van der Waals surface area (Å²) in [5, 5.41) is 3.93. The molecule has 3 saturated heterocycles. The Kier molecular flexibility index (Phi) is 10.2. The first kappa shape index (κ1) is 31.4. The molecule has 0 aliphatic carbocycles. The lowest BCUT2D eigenvalue weighted by atomic mass is 10.0. The molecule has 2 bridgehead atoms. The van der Waals surface area contributed by atoms with Gasteiger partial charge in [-0.05, 0) is 67.2 Å². The smallest absolute Gasteiger partial charge is 0.437 e. The van der Waals surface area contributed by atoms with E-state index in [0.29, 0.717) is 39.0 Å². The minimum absolute atomic E-state index is 0.0370. The lowest BCUT2D eigenvalue weighted by molar-refractivity contribution is -0.143. The minimum Gasteiger partial charge on any atom is -0.444 e. The van der Waals surface area contributed by atoms with Crippen LogP contribution in [0.5, 0.6) is 0 Å². The minimum atomic E-state index is -0.866. The van der Waals surface area contributed by atoms with Gasteiger partial charge in [0, 0.05) is 19.6 Å². The van der Waals surface area contributed by atoms with Gasteiger partial charge < -0.3 is 19.3 Å². The third-order valence-corrected chi connectivity index (χ3v) is 6.33. The van der Waals surface area contributed by atoms with Crippen LogP contribution in [0.4, 0.5) is 14.4 Å². The molecule has 226 valence electrons. The van der Waals surface area contributed by atoms with Crippen LogP contribution in [0.3, 0.4) is 0 Å². The first-order chi connectivity index (χ1) is 18.7. The summed E-state index contributed by atoms with van der Waals surface area (Å²) in [6, 6.07) is -1.01. The van der Waals surface area contributed by atoms with Gasteiger partial charge in [-0.3, -0.25) is 19.8 Å². The number of fused-ring (bicyclic) bond motifs is 2. The van der Waals surface area contributed by atoms with Gasteiger partial charge in [0.1, 0.15) is 23.3 Å². The van der Waals surface area contributed by atoms with E-state index in [1.54, 1.807) is 46.4 Å². The van der Waals surface area contributed by atoms with Crippen LogP contribution in [0.2, 0.25) is 0 Å². The summed E-state index contributed by atoms with van der Waals surface area (Å²) >= 11 is 0. The van der Waals surface area contributed by atoms with E-state index in [1.165, 1.54) is 9.96 Å². The quantitative estimate of drug-likeness (QED) is 0.204. The molecule has 0 saturated carbocycles. The van der Waals surface area contributed by atoms with Crippen molar-refractivity contribution in [3.8, 4) is 0 Å². The number of amides is 5. The van der Waals surface area contributed by atoms with Gasteiger partial charge in [0.25, 0.3) is 5.91 Å². The summed E-state index contributed by atoms with van der Waals surface area (Å²) in [6.45, 7) is 13.9. The highest BCUT2D eigenvalue weighted by Crippen LogP contribution is 2.30. The van der Waals surface area contributed by atoms with Gasteiger partial charge in [-0.2, -0.15) is 5.06 Å². The summed E-state index contributed by atoms with van der Waals surface area (Å²) in [6.07, 6.45) is 1.37. The van der Waals surface area contributed by atoms with Gasteiger partial charge in [-0.15, -0.1) is 4.99 Å². The number of piperidine rings is 1. The molecule has 3 fully saturated rings. The van der Waals surface area contributed by atoms with E-state index < -0.39 is 41.4 Å². The molecular weight excluding hydrogens is 524 g/mol. The normalized spacial score (nSPS) is 23.4. The number of guanidine groups is 1. The second kappa shape index (κ2) is 13.0. The van der Waals surface area contributed by atoms with Crippen LogP contribution in [-0.2, 0) is 23.9 Å². The zero-order valence-corrected chi connectivity index (χ0v) is 24.7. The number of nitrogens with zero attached hydrogens (tertiary/aromatic N) is 4. The lowest BCUT2D eigenvalue weighted by Crippen LogP contribution is -2.50. The average molecular weight is 569 g/mol. The predicted octanol–water partition coefficient (Wildman–Crippen LogP) is 2.92. The molecule has 0 aromatic heterocycles. The van der Waals surface area contributed by atoms with Gasteiger partial charge in [0.15, 0.2) is 0 Å². The van der Waals surface area contributed by atoms with Gasteiger partial charge in [0.2, 0.25) is 5.96 Å². The largest absolute Gasteiger partial charge is 0.444 e. The zero-order chi connectivity index (χ0) is 29.7. The second-order valence-corrected chi connectivity index (χ2v) is 12.2. The van der Waals surface area contributed by atoms with Crippen LogP contribution in [0.1, 0.15) is 80.6 Å². The molecule has 5 amide bonds. The van der Waals surface area contributed by atoms with Crippen molar-refractivity contribution in [2.75, 3.05) is 26.2 Å². The van der Waals surface area contributed by atoms with E-state index in [4.69, 9.17) is 19.1 Å². The molecule has 3 aliphatic rings. The first-order valence-corrected chi connectivity index (χ1v) is 13.9. The van der Waals surface area contributed by atoms with E-state index in [1.807, 2.05) is 6.92 Å². The van der Waals surface area contributed by atoms with E-state index in [9.17, 15) is 19.2 Å². The van der Waals surface area contributed by atoms with Gasteiger partial charge in [0.05, 0.1) is 12.6 Å². The van der Waals surface area contributed by atoms with E-state index >= 15 is 0 Å². The van der Waals surface area contributed by atoms with Crippen molar-refractivity contribution in [1.82, 2.24) is 25.7 Å². The highest BCUT2D eigenvalue weighted by atomic mass is 16.7. The molecule has 14 heteroatoms. The highest BCUT2D eigenvalue weighted by Gasteiger charge is 2.48. The van der Waals surface area contributed by atoms with Crippen LogP contribution < -0.4 is 10.8 Å². The Hall–Kier alpha value is -3.13. The Balaban J connectivity index is 1.56. The average Bonchev–Trinajstić information content (AvgIpc) is 3.39. The number of hydrogen-bond acceptors (Lipinski definition) is 8. The number of carbonyl (C=O) groups is 4. The summed E-state index contributed by atoms with van der Waals surface area (Å²) in [5.74, 6) is -0.444. The van der Waals surface area contributed by atoms with Crippen LogP contribution in [0, 0.1) is 0 Å². The fourth-order valence-corrected chi connectivity index (χ4v) is 4.55. The number of rotatable bonds is 7. The van der Waals surface area contributed by atoms with Crippen LogP contribution in [0.25, 0.3) is 0 Å². The fraction of sp³-hybridized carbons (Fsp3) is 0.808. The first-order valence-electron chi connectivity index (χ1n) is 13.9. The monoisotopic (exact) mass is 568 g/mol. The van der Waals surface area contributed by atoms with Crippen molar-refractivity contribution in [2.24, 2.45) is 4.99 Å². The van der Waals surface area contributed by atoms with Crippen molar-refractivity contribution < 1.29 is 38.3 Å². The Labute approximate surface area is 235 Å². The number of hydrogen-bond donors (Lipinski definition) is 2. The Morgan fingerprint density at radius 3 is 2.35 bits per heavy atom. The van der Waals surface area contributed by atoms with E-state index in [2.05, 4.69) is 15.8 Å². The third kappa shape index (κ3) is 8.95. The lowest BCUT2D eigenvalue weighted by Gasteiger charge is -2.29. The van der Waals surface area contributed by atoms with Crippen molar-refractivity contribution in [3.05, 3.63) is 0 Å². The number of unbranched alkanes of at least 4 members (excludes halogenated alkanes) is 1. The third-order valence-electron chi connectivity index (χ3n) is 6.33. The topological polar surface area (TPSA) is 151 Å². The van der Waals surface area contributed by atoms with Crippen molar-refractivity contribution >= 4 is 30.1 Å². The molecule has 3 heterocycles. The molecule has 14 nitrogen and oxygen atoms in total. The van der Waals surface area contributed by atoms with E-state index in [0.717, 1.165) is 12.8 Å². The van der Waals surface area contributed by atoms with Gasteiger partial charge in [-0.25, -0.2) is 19.9 Å². The molecule has 40 heavy (non-hydrogen) atoms. The summed E-state index contributed by atoms with van der Waals surface area (Å²) in [7, 11) is 0. The summed E-state index contributed by atoms with van der Waals surface area (Å²) < 4.78 is 10.6. The number of carbonyl (C=O) groups excluding carboxylic acids is 4. The number of ether oxygens (including phenoxy) is 2. The SMILES string of the molecule is CCCCON1C(=O)N2CC1CC[C@H]2C(=O)NO[C@H]1CCN(/C(=N\C(=O)OC(C)(C)C)NC(=O)OC(C)(C)C)C1. The molecule has 0 radical (unpaired) electrons. The van der Waals surface area contributed by atoms with Crippen molar-refractivity contribution in [2.45, 2.75) is 110 Å². The number of alkyl carbamates (subject to hydrolysis) is 1. The molecular formula is C26H44N6O8. The molecule has 3 rings (SSSR count). The maximum Gasteiger partial charge on any atom is 0.437 e. The number of nitrogens with one attached hydrogen (secondary N) is 2. The number of likely N-dealkylation sites (tertiary alicyclic amines) is 1. The summed E-state index contributed by atoms with van der Waals surface area (Å²) in [5.41, 5.74) is 0.981.